The summed E-state index contributed by atoms with van der Waals surface area (Å²) < 4.78 is 10.6. The summed E-state index contributed by atoms with van der Waals surface area (Å²) in [7, 11) is 0. The summed E-state index contributed by atoms with van der Waals surface area (Å²) in [6.45, 7) is 5.57. The van der Waals surface area contributed by atoms with Crippen molar-refractivity contribution in [1.29, 1.82) is 0 Å². The number of carbonyl (C=O) groups is 3. The number of nitrogens with one attached hydrogen (secondary N) is 1. The fourth-order valence-electron chi connectivity index (χ4n) is 6.31. The van der Waals surface area contributed by atoms with Gasteiger partial charge in [-0.3, -0.25) is 9.59 Å². The number of ether oxygens (including phenoxy) is 2. The van der Waals surface area contributed by atoms with Gasteiger partial charge in [0.15, 0.2) is 6.61 Å². The van der Waals surface area contributed by atoms with Crippen molar-refractivity contribution < 1.29 is 23.9 Å². The maximum absolute atomic E-state index is 13.3. The van der Waals surface area contributed by atoms with Gasteiger partial charge in [0.05, 0.1) is 13.2 Å². The van der Waals surface area contributed by atoms with E-state index in [1.54, 1.807) is 4.90 Å². The Morgan fingerprint density at radius 3 is 2.10 bits per heavy atom. The van der Waals surface area contributed by atoms with Gasteiger partial charge in [0, 0.05) is 18.5 Å². The van der Waals surface area contributed by atoms with Gasteiger partial charge in [0.2, 0.25) is 5.91 Å². The molecule has 1 saturated heterocycles. The summed E-state index contributed by atoms with van der Waals surface area (Å²) in [5.74, 6) is 1.20. The first kappa shape index (κ1) is 20.6. The van der Waals surface area contributed by atoms with Crippen LogP contribution in [0.15, 0.2) is 0 Å². The zero-order valence-electron chi connectivity index (χ0n) is 17.7. The molecule has 1 N–H and O–H groups in total. The van der Waals surface area contributed by atoms with E-state index in [1.807, 2.05) is 13.8 Å². The van der Waals surface area contributed by atoms with E-state index in [2.05, 4.69) is 5.32 Å². The maximum Gasteiger partial charge on any atom is 0.329 e. The molecule has 1 atom stereocenters. The first-order valence-electron chi connectivity index (χ1n) is 11.2. The van der Waals surface area contributed by atoms with Gasteiger partial charge >= 0.3 is 5.97 Å². The lowest BCUT2D eigenvalue weighted by atomic mass is 9.49. The molecule has 5 fully saturated rings. The van der Waals surface area contributed by atoms with Gasteiger partial charge in [-0.1, -0.05) is 13.8 Å². The summed E-state index contributed by atoms with van der Waals surface area (Å²) in [4.78, 5) is 39.9. The van der Waals surface area contributed by atoms with Gasteiger partial charge in [-0.15, -0.1) is 0 Å². The minimum Gasteiger partial charge on any atom is -0.454 e. The average molecular weight is 407 g/mol. The van der Waals surface area contributed by atoms with Crippen LogP contribution in [0.5, 0.6) is 0 Å². The molecular formula is C22H34N2O5. The molecule has 5 aliphatic rings. The second-order valence-corrected chi connectivity index (χ2v) is 9.99. The van der Waals surface area contributed by atoms with Crippen molar-refractivity contribution in [3.63, 3.8) is 0 Å². The van der Waals surface area contributed by atoms with Crippen LogP contribution >= 0.6 is 0 Å². The molecular weight excluding hydrogens is 372 g/mol. The molecule has 4 saturated carbocycles. The standard InChI is InChI=1S/C22H34N2O5/c1-14(2)19(20(26)29-13-18(25)24-3-5-28-6-4-24)23-21(27)22-10-15-7-16(11-22)9-17(8-15)12-22/h14-17,19H,3-13H2,1-2H3,(H,23,27)/t15?,16?,17?,19-,22?/m0/s1. The highest BCUT2D eigenvalue weighted by Crippen LogP contribution is 2.60. The number of amides is 2. The molecule has 0 spiro atoms. The van der Waals surface area contributed by atoms with Gasteiger partial charge in [-0.2, -0.15) is 0 Å². The number of morpholine rings is 1. The number of nitrogens with zero attached hydrogens (tertiary/aromatic N) is 1. The number of esters is 1. The normalized spacial score (nSPS) is 34.2. The molecule has 1 heterocycles. The van der Waals surface area contributed by atoms with Crippen molar-refractivity contribution in [2.24, 2.45) is 29.1 Å². The highest BCUT2D eigenvalue weighted by Gasteiger charge is 2.55. The van der Waals surface area contributed by atoms with Crippen molar-refractivity contribution in [3.05, 3.63) is 0 Å². The summed E-state index contributed by atoms with van der Waals surface area (Å²) in [5.41, 5.74) is -0.300. The summed E-state index contributed by atoms with van der Waals surface area (Å²) >= 11 is 0. The van der Waals surface area contributed by atoms with Crippen LogP contribution in [-0.2, 0) is 23.9 Å². The SMILES string of the molecule is CC(C)[C@H](NC(=O)C12CC3CC(CC(C3)C1)C2)C(=O)OCC(=O)N1CCOCC1. The quantitative estimate of drug-likeness (QED) is 0.680. The zero-order chi connectivity index (χ0) is 20.6. The molecule has 0 aromatic carbocycles. The summed E-state index contributed by atoms with van der Waals surface area (Å²) in [6, 6.07) is -0.715. The summed E-state index contributed by atoms with van der Waals surface area (Å²) in [5, 5.41) is 3.02. The van der Waals surface area contributed by atoms with E-state index in [4.69, 9.17) is 9.47 Å². The van der Waals surface area contributed by atoms with Crippen LogP contribution in [0, 0.1) is 29.1 Å². The topological polar surface area (TPSA) is 84.9 Å². The molecule has 1 aliphatic heterocycles. The molecule has 0 radical (unpaired) electrons. The molecule has 7 heteroatoms. The smallest absolute Gasteiger partial charge is 0.329 e. The van der Waals surface area contributed by atoms with Gasteiger partial charge in [-0.25, -0.2) is 4.79 Å². The van der Waals surface area contributed by atoms with E-state index >= 15 is 0 Å². The lowest BCUT2D eigenvalue weighted by molar-refractivity contribution is -0.159. The highest BCUT2D eigenvalue weighted by atomic mass is 16.5. The van der Waals surface area contributed by atoms with Crippen molar-refractivity contribution in [2.75, 3.05) is 32.9 Å². The Hall–Kier alpha value is -1.63. The highest BCUT2D eigenvalue weighted by molar-refractivity contribution is 5.89. The lowest BCUT2D eigenvalue weighted by Crippen LogP contribution is -2.57. The maximum atomic E-state index is 13.3. The zero-order valence-corrected chi connectivity index (χ0v) is 17.7. The fourth-order valence-corrected chi connectivity index (χ4v) is 6.31. The van der Waals surface area contributed by atoms with Crippen LogP contribution in [-0.4, -0.2) is 61.6 Å². The van der Waals surface area contributed by atoms with E-state index in [1.165, 1.54) is 19.3 Å². The van der Waals surface area contributed by atoms with Gasteiger partial charge in [0.1, 0.15) is 6.04 Å². The van der Waals surface area contributed by atoms with Gasteiger partial charge in [0.25, 0.3) is 5.91 Å². The number of carbonyl (C=O) groups excluding carboxylic acids is 3. The molecule has 4 bridgehead atoms. The number of hydrogen-bond acceptors (Lipinski definition) is 5. The van der Waals surface area contributed by atoms with E-state index < -0.39 is 12.0 Å². The monoisotopic (exact) mass is 406 g/mol. The van der Waals surface area contributed by atoms with Crippen molar-refractivity contribution in [3.8, 4) is 0 Å². The molecule has 0 aromatic heterocycles. The Morgan fingerprint density at radius 2 is 1.59 bits per heavy atom. The molecule has 0 unspecified atom stereocenters. The van der Waals surface area contributed by atoms with Gasteiger partial charge < -0.3 is 19.7 Å². The molecule has 4 aliphatic carbocycles. The minimum absolute atomic E-state index is 0.0201. The molecule has 2 amide bonds. The summed E-state index contributed by atoms with van der Waals surface area (Å²) in [6.07, 6.45) is 6.68. The van der Waals surface area contributed by atoms with E-state index in [-0.39, 0.29) is 29.8 Å². The van der Waals surface area contributed by atoms with Crippen LogP contribution < -0.4 is 5.32 Å². The molecule has 29 heavy (non-hydrogen) atoms. The third kappa shape index (κ3) is 4.30. The van der Waals surface area contributed by atoms with Crippen LogP contribution in [0.4, 0.5) is 0 Å². The first-order valence-corrected chi connectivity index (χ1v) is 11.2. The van der Waals surface area contributed by atoms with Crippen molar-refractivity contribution in [1.82, 2.24) is 10.2 Å². The minimum atomic E-state index is -0.715. The predicted molar refractivity (Wildman–Crippen MR) is 106 cm³/mol. The van der Waals surface area contributed by atoms with E-state index in [0.717, 1.165) is 19.3 Å². The molecule has 162 valence electrons. The van der Waals surface area contributed by atoms with Crippen LogP contribution in [0.2, 0.25) is 0 Å². The number of hydrogen-bond donors (Lipinski definition) is 1. The molecule has 0 aromatic rings. The Morgan fingerprint density at radius 1 is 1.03 bits per heavy atom. The van der Waals surface area contributed by atoms with Crippen LogP contribution in [0.3, 0.4) is 0 Å². The Labute approximate surface area is 172 Å². The number of rotatable bonds is 6. The lowest BCUT2D eigenvalue weighted by Gasteiger charge is -2.55. The molecule has 5 rings (SSSR count). The largest absolute Gasteiger partial charge is 0.454 e. The Bertz CT molecular complexity index is 620. The van der Waals surface area contributed by atoms with Crippen molar-refractivity contribution >= 4 is 17.8 Å². The molecule has 7 nitrogen and oxygen atoms in total. The Balaban J connectivity index is 1.34. The first-order chi connectivity index (χ1) is 13.9. The van der Waals surface area contributed by atoms with Crippen LogP contribution in [0.25, 0.3) is 0 Å². The van der Waals surface area contributed by atoms with Gasteiger partial charge in [-0.05, 0) is 62.2 Å². The van der Waals surface area contributed by atoms with E-state index in [0.29, 0.717) is 44.1 Å². The third-order valence-corrected chi connectivity index (χ3v) is 7.43. The second-order valence-electron chi connectivity index (χ2n) is 9.99. The Kier molecular flexibility index (Phi) is 5.87. The second kappa shape index (κ2) is 8.25. The average Bonchev–Trinajstić information content (AvgIpc) is 2.69. The van der Waals surface area contributed by atoms with Crippen molar-refractivity contribution in [2.45, 2.75) is 58.4 Å². The van der Waals surface area contributed by atoms with Crippen LogP contribution in [0.1, 0.15) is 52.4 Å². The fraction of sp³-hybridized carbons (Fsp3) is 0.864. The van der Waals surface area contributed by atoms with E-state index in [9.17, 15) is 14.4 Å². The predicted octanol–water partition coefficient (Wildman–Crippen LogP) is 1.75. The third-order valence-electron chi connectivity index (χ3n) is 7.43.